The first kappa shape index (κ1) is 16.1. The van der Waals surface area contributed by atoms with Gasteiger partial charge in [-0.3, -0.25) is 4.98 Å². The summed E-state index contributed by atoms with van der Waals surface area (Å²) in [5, 5.41) is 6.27. The van der Waals surface area contributed by atoms with E-state index >= 15 is 0 Å². The standard InChI is InChI=1S/C18H16ClN3O2/c19-16-4-1-13(2-5-16)9-21-18(23)22-11-14-3-6-17(20-10-14)15-7-8-24-12-15/h1-8,10,12H,9,11H2,(H2,21,22,23). The molecular formula is C18H16ClN3O2. The van der Waals surface area contributed by atoms with Crippen molar-refractivity contribution < 1.29 is 9.21 Å². The van der Waals surface area contributed by atoms with Crippen LogP contribution < -0.4 is 10.6 Å². The molecule has 0 unspecified atom stereocenters. The lowest BCUT2D eigenvalue weighted by Gasteiger charge is -2.08. The first-order chi connectivity index (χ1) is 11.7. The number of urea groups is 1. The maximum absolute atomic E-state index is 11.8. The number of halogens is 1. The van der Waals surface area contributed by atoms with Crippen LogP contribution in [-0.2, 0) is 13.1 Å². The van der Waals surface area contributed by atoms with Crippen molar-refractivity contribution in [2.45, 2.75) is 13.1 Å². The van der Waals surface area contributed by atoms with Gasteiger partial charge in [0.25, 0.3) is 0 Å². The van der Waals surface area contributed by atoms with E-state index in [4.69, 9.17) is 16.0 Å². The number of nitrogens with zero attached hydrogens (tertiary/aromatic N) is 1. The fourth-order valence-electron chi connectivity index (χ4n) is 2.14. The number of carbonyl (C=O) groups is 1. The third-order valence-corrected chi connectivity index (χ3v) is 3.71. The van der Waals surface area contributed by atoms with Gasteiger partial charge in [0.05, 0.1) is 18.2 Å². The highest BCUT2D eigenvalue weighted by Crippen LogP contribution is 2.17. The molecule has 5 nitrogen and oxygen atoms in total. The van der Waals surface area contributed by atoms with Gasteiger partial charge in [0.15, 0.2) is 0 Å². The molecule has 122 valence electrons. The molecule has 0 saturated heterocycles. The van der Waals surface area contributed by atoms with Crippen LogP contribution in [0.15, 0.2) is 65.6 Å². The second kappa shape index (κ2) is 7.66. The van der Waals surface area contributed by atoms with Gasteiger partial charge in [0.2, 0.25) is 0 Å². The molecule has 24 heavy (non-hydrogen) atoms. The summed E-state index contributed by atoms with van der Waals surface area (Å²) in [4.78, 5) is 16.2. The number of benzene rings is 1. The van der Waals surface area contributed by atoms with Gasteiger partial charge in [-0.2, -0.15) is 0 Å². The van der Waals surface area contributed by atoms with Crippen molar-refractivity contribution in [3.8, 4) is 11.3 Å². The second-order valence-electron chi connectivity index (χ2n) is 5.23. The van der Waals surface area contributed by atoms with E-state index in [9.17, 15) is 4.79 Å². The van der Waals surface area contributed by atoms with Crippen LogP contribution in [-0.4, -0.2) is 11.0 Å². The number of carbonyl (C=O) groups excluding carboxylic acids is 1. The normalized spacial score (nSPS) is 10.4. The number of pyridine rings is 1. The first-order valence-electron chi connectivity index (χ1n) is 7.44. The van der Waals surface area contributed by atoms with E-state index in [1.54, 1.807) is 30.9 Å². The highest BCUT2D eigenvalue weighted by atomic mass is 35.5. The zero-order valence-corrected chi connectivity index (χ0v) is 13.6. The summed E-state index contributed by atoms with van der Waals surface area (Å²) in [6.45, 7) is 0.853. The Kier molecular flexibility index (Phi) is 5.13. The van der Waals surface area contributed by atoms with Crippen molar-refractivity contribution in [1.29, 1.82) is 0 Å². The van der Waals surface area contributed by atoms with Crippen molar-refractivity contribution in [3.05, 3.63) is 77.3 Å². The van der Waals surface area contributed by atoms with Gasteiger partial charge >= 0.3 is 6.03 Å². The molecule has 0 aliphatic rings. The molecule has 1 aromatic carbocycles. The van der Waals surface area contributed by atoms with E-state index in [1.165, 1.54) is 0 Å². The zero-order valence-electron chi connectivity index (χ0n) is 12.8. The molecule has 2 heterocycles. The molecule has 2 N–H and O–H groups in total. The highest BCUT2D eigenvalue weighted by molar-refractivity contribution is 6.30. The molecule has 0 aliphatic heterocycles. The van der Waals surface area contributed by atoms with Gasteiger partial charge in [0.1, 0.15) is 0 Å². The van der Waals surface area contributed by atoms with E-state index in [0.29, 0.717) is 18.1 Å². The Labute approximate surface area is 144 Å². The van der Waals surface area contributed by atoms with Gasteiger partial charge < -0.3 is 15.1 Å². The van der Waals surface area contributed by atoms with Crippen molar-refractivity contribution in [2.75, 3.05) is 0 Å². The van der Waals surface area contributed by atoms with E-state index < -0.39 is 0 Å². The molecule has 6 heteroatoms. The minimum atomic E-state index is -0.233. The molecule has 3 rings (SSSR count). The monoisotopic (exact) mass is 341 g/mol. The Morgan fingerprint density at radius 2 is 1.71 bits per heavy atom. The summed E-state index contributed by atoms with van der Waals surface area (Å²) in [5.74, 6) is 0. The molecule has 0 radical (unpaired) electrons. The molecule has 0 spiro atoms. The molecule has 3 aromatic rings. The maximum atomic E-state index is 11.8. The fraction of sp³-hybridized carbons (Fsp3) is 0.111. The summed E-state index contributed by atoms with van der Waals surface area (Å²) in [5.41, 5.74) is 3.67. The van der Waals surface area contributed by atoms with E-state index in [-0.39, 0.29) is 6.03 Å². The average molecular weight is 342 g/mol. The van der Waals surface area contributed by atoms with Crippen LogP contribution >= 0.6 is 11.6 Å². The lowest BCUT2D eigenvalue weighted by atomic mass is 10.2. The molecule has 0 aliphatic carbocycles. The van der Waals surface area contributed by atoms with E-state index in [0.717, 1.165) is 22.4 Å². The number of hydrogen-bond acceptors (Lipinski definition) is 3. The molecule has 0 bridgehead atoms. The Bertz CT molecular complexity index is 784. The number of amides is 2. The van der Waals surface area contributed by atoms with Crippen molar-refractivity contribution in [2.24, 2.45) is 0 Å². The molecule has 0 saturated carbocycles. The molecular weight excluding hydrogens is 326 g/mol. The predicted molar refractivity (Wildman–Crippen MR) is 92.5 cm³/mol. The SMILES string of the molecule is O=C(NCc1ccc(Cl)cc1)NCc1ccc(-c2ccoc2)nc1. The summed E-state index contributed by atoms with van der Waals surface area (Å²) in [6, 6.07) is 12.8. The quantitative estimate of drug-likeness (QED) is 0.737. The second-order valence-corrected chi connectivity index (χ2v) is 5.66. The topological polar surface area (TPSA) is 67.2 Å². The van der Waals surface area contributed by atoms with Crippen LogP contribution in [0.5, 0.6) is 0 Å². The molecule has 2 aromatic heterocycles. The summed E-state index contributed by atoms with van der Waals surface area (Å²) < 4.78 is 5.04. The van der Waals surface area contributed by atoms with Crippen LogP contribution in [0.3, 0.4) is 0 Å². The maximum Gasteiger partial charge on any atom is 0.315 e. The largest absolute Gasteiger partial charge is 0.472 e. The minimum Gasteiger partial charge on any atom is -0.472 e. The number of nitrogens with one attached hydrogen (secondary N) is 2. The average Bonchev–Trinajstić information content (AvgIpc) is 3.14. The Balaban J connectivity index is 1.46. The Morgan fingerprint density at radius 1 is 1.00 bits per heavy atom. The van der Waals surface area contributed by atoms with Gasteiger partial charge in [-0.15, -0.1) is 0 Å². The summed E-state index contributed by atoms with van der Waals surface area (Å²) >= 11 is 5.82. The third-order valence-electron chi connectivity index (χ3n) is 3.46. The van der Waals surface area contributed by atoms with Crippen LogP contribution in [0.1, 0.15) is 11.1 Å². The van der Waals surface area contributed by atoms with Crippen LogP contribution in [0, 0.1) is 0 Å². The lowest BCUT2D eigenvalue weighted by Crippen LogP contribution is -2.34. The van der Waals surface area contributed by atoms with Crippen LogP contribution in [0.2, 0.25) is 5.02 Å². The molecule has 0 fully saturated rings. The number of furan rings is 1. The number of rotatable bonds is 5. The Hall–Kier alpha value is -2.79. The van der Waals surface area contributed by atoms with E-state index in [2.05, 4.69) is 15.6 Å². The van der Waals surface area contributed by atoms with Crippen molar-refractivity contribution in [3.63, 3.8) is 0 Å². The summed E-state index contributed by atoms with van der Waals surface area (Å²) in [7, 11) is 0. The number of hydrogen-bond donors (Lipinski definition) is 2. The third kappa shape index (κ3) is 4.36. The minimum absolute atomic E-state index is 0.233. The predicted octanol–water partition coefficient (Wildman–Crippen LogP) is 3.99. The first-order valence-corrected chi connectivity index (χ1v) is 7.82. The number of aromatic nitrogens is 1. The summed E-state index contributed by atoms with van der Waals surface area (Å²) in [6.07, 6.45) is 4.99. The molecule has 0 atom stereocenters. The van der Waals surface area contributed by atoms with E-state index in [1.807, 2.05) is 30.3 Å². The van der Waals surface area contributed by atoms with Crippen LogP contribution in [0.4, 0.5) is 4.79 Å². The lowest BCUT2D eigenvalue weighted by molar-refractivity contribution is 0.240. The Morgan fingerprint density at radius 3 is 2.33 bits per heavy atom. The van der Waals surface area contributed by atoms with Crippen molar-refractivity contribution >= 4 is 17.6 Å². The highest BCUT2D eigenvalue weighted by Gasteiger charge is 2.03. The fourth-order valence-corrected chi connectivity index (χ4v) is 2.27. The smallest absolute Gasteiger partial charge is 0.315 e. The van der Waals surface area contributed by atoms with Gasteiger partial charge in [-0.25, -0.2) is 4.79 Å². The molecule has 2 amide bonds. The van der Waals surface area contributed by atoms with Gasteiger partial charge in [-0.1, -0.05) is 29.8 Å². The van der Waals surface area contributed by atoms with Gasteiger partial charge in [0, 0.05) is 29.9 Å². The zero-order chi connectivity index (χ0) is 16.8. The van der Waals surface area contributed by atoms with Crippen LogP contribution in [0.25, 0.3) is 11.3 Å². The van der Waals surface area contributed by atoms with Crippen molar-refractivity contribution in [1.82, 2.24) is 15.6 Å². The van der Waals surface area contributed by atoms with Gasteiger partial charge in [-0.05, 0) is 35.4 Å².